The van der Waals surface area contributed by atoms with E-state index in [-0.39, 0.29) is 0 Å². The molecule has 0 radical (unpaired) electrons. The van der Waals surface area contributed by atoms with Gasteiger partial charge in [0.2, 0.25) is 0 Å². The third-order valence-corrected chi connectivity index (χ3v) is 2.31. The maximum Gasteiger partial charge on any atom is 0.134 e. The van der Waals surface area contributed by atoms with Crippen LogP contribution in [0.3, 0.4) is 0 Å². The molecule has 0 saturated carbocycles. The second kappa shape index (κ2) is 5.81. The zero-order valence-corrected chi connectivity index (χ0v) is 9.46. The van der Waals surface area contributed by atoms with Crippen molar-refractivity contribution in [2.45, 2.75) is 26.2 Å². The summed E-state index contributed by atoms with van der Waals surface area (Å²) in [5, 5.41) is 0.498. The molecule has 3 nitrogen and oxygen atoms in total. The van der Waals surface area contributed by atoms with Gasteiger partial charge in [-0.1, -0.05) is 31.4 Å². The molecule has 1 heterocycles. The van der Waals surface area contributed by atoms with Gasteiger partial charge in [0.15, 0.2) is 0 Å². The van der Waals surface area contributed by atoms with Gasteiger partial charge in [-0.25, -0.2) is 9.97 Å². The average Bonchev–Trinajstić information content (AvgIpc) is 2.18. The molecule has 0 bridgehead atoms. The van der Waals surface area contributed by atoms with Gasteiger partial charge >= 0.3 is 0 Å². The first kappa shape index (κ1) is 11.2. The number of anilines is 1. The second-order valence-electron chi connectivity index (χ2n) is 3.33. The number of hydrogen-bond acceptors (Lipinski definition) is 3. The van der Waals surface area contributed by atoms with Gasteiger partial charge in [-0.05, 0) is 6.42 Å². The summed E-state index contributed by atoms with van der Waals surface area (Å²) in [6.45, 7) is 3.21. The van der Waals surface area contributed by atoms with E-state index in [1.807, 2.05) is 7.05 Å². The standard InChI is InChI=1S/C10H16ClN3/c1-3-4-5-6-14(2)10-7-9(11)12-8-13-10/h7-8H,3-6H2,1-2H3. The van der Waals surface area contributed by atoms with Crippen molar-refractivity contribution in [3.63, 3.8) is 0 Å². The Bertz CT molecular complexity index is 278. The second-order valence-corrected chi connectivity index (χ2v) is 3.71. The third kappa shape index (κ3) is 3.50. The predicted molar refractivity (Wildman–Crippen MR) is 59.8 cm³/mol. The molecule has 0 spiro atoms. The van der Waals surface area contributed by atoms with Crippen LogP contribution in [0, 0.1) is 0 Å². The molecule has 0 aliphatic carbocycles. The molecular weight excluding hydrogens is 198 g/mol. The van der Waals surface area contributed by atoms with E-state index in [4.69, 9.17) is 11.6 Å². The Balaban J connectivity index is 2.47. The first-order valence-electron chi connectivity index (χ1n) is 4.92. The summed E-state index contributed by atoms with van der Waals surface area (Å²) < 4.78 is 0. The molecular formula is C10H16ClN3. The summed E-state index contributed by atoms with van der Waals surface area (Å²) in [6, 6.07) is 1.79. The highest BCUT2D eigenvalue weighted by Crippen LogP contribution is 2.13. The van der Waals surface area contributed by atoms with Crippen LogP contribution in [0.25, 0.3) is 0 Å². The SMILES string of the molecule is CCCCCN(C)c1cc(Cl)ncn1. The summed E-state index contributed by atoms with van der Waals surface area (Å²) in [5.41, 5.74) is 0. The first-order valence-corrected chi connectivity index (χ1v) is 5.30. The zero-order chi connectivity index (χ0) is 10.4. The number of aromatic nitrogens is 2. The fourth-order valence-electron chi connectivity index (χ4n) is 1.25. The quantitative estimate of drug-likeness (QED) is 0.557. The van der Waals surface area contributed by atoms with Gasteiger partial charge in [-0.15, -0.1) is 0 Å². The summed E-state index contributed by atoms with van der Waals surface area (Å²) >= 11 is 5.77. The Kier molecular flexibility index (Phi) is 4.66. The van der Waals surface area contributed by atoms with Crippen LogP contribution >= 0.6 is 11.6 Å². The Morgan fingerprint density at radius 1 is 1.36 bits per heavy atom. The molecule has 1 aromatic heterocycles. The first-order chi connectivity index (χ1) is 6.74. The molecule has 0 aliphatic rings. The maximum absolute atomic E-state index is 5.77. The maximum atomic E-state index is 5.77. The van der Waals surface area contributed by atoms with Crippen LogP contribution < -0.4 is 4.90 Å². The minimum Gasteiger partial charge on any atom is -0.360 e. The van der Waals surface area contributed by atoms with Crippen molar-refractivity contribution in [1.82, 2.24) is 9.97 Å². The van der Waals surface area contributed by atoms with Crippen LogP contribution in [-0.2, 0) is 0 Å². The lowest BCUT2D eigenvalue weighted by Gasteiger charge is -2.17. The highest BCUT2D eigenvalue weighted by atomic mass is 35.5. The van der Waals surface area contributed by atoms with E-state index in [1.54, 1.807) is 6.07 Å². The molecule has 14 heavy (non-hydrogen) atoms. The van der Waals surface area contributed by atoms with Crippen LogP contribution in [0.15, 0.2) is 12.4 Å². The predicted octanol–water partition coefficient (Wildman–Crippen LogP) is 2.76. The molecule has 0 aliphatic heterocycles. The van der Waals surface area contributed by atoms with E-state index in [9.17, 15) is 0 Å². The lowest BCUT2D eigenvalue weighted by Crippen LogP contribution is -2.19. The van der Waals surface area contributed by atoms with Crippen LogP contribution in [0.1, 0.15) is 26.2 Å². The molecule has 0 amide bonds. The number of unbranched alkanes of at least 4 members (excludes halogenated alkanes) is 2. The van der Waals surface area contributed by atoms with Gasteiger partial charge in [0.1, 0.15) is 17.3 Å². The Morgan fingerprint density at radius 2 is 2.14 bits per heavy atom. The van der Waals surface area contributed by atoms with Crippen molar-refractivity contribution in [1.29, 1.82) is 0 Å². The average molecular weight is 214 g/mol. The fourth-order valence-corrected chi connectivity index (χ4v) is 1.39. The van der Waals surface area contributed by atoms with Crippen molar-refractivity contribution in [2.75, 3.05) is 18.5 Å². The third-order valence-electron chi connectivity index (χ3n) is 2.11. The van der Waals surface area contributed by atoms with Crippen LogP contribution in [0.5, 0.6) is 0 Å². The molecule has 0 atom stereocenters. The lowest BCUT2D eigenvalue weighted by atomic mass is 10.2. The summed E-state index contributed by atoms with van der Waals surface area (Å²) in [6.07, 6.45) is 5.17. The molecule has 1 aromatic rings. The topological polar surface area (TPSA) is 29.0 Å². The van der Waals surface area contributed by atoms with Crippen molar-refractivity contribution < 1.29 is 0 Å². The Morgan fingerprint density at radius 3 is 2.79 bits per heavy atom. The van der Waals surface area contributed by atoms with Gasteiger partial charge in [-0.2, -0.15) is 0 Å². The van der Waals surface area contributed by atoms with E-state index < -0.39 is 0 Å². The van der Waals surface area contributed by atoms with Crippen LogP contribution in [0.2, 0.25) is 5.15 Å². The highest BCUT2D eigenvalue weighted by molar-refractivity contribution is 6.29. The molecule has 1 rings (SSSR count). The van der Waals surface area contributed by atoms with Crippen molar-refractivity contribution in [2.24, 2.45) is 0 Å². The summed E-state index contributed by atoms with van der Waals surface area (Å²) in [5.74, 6) is 0.890. The van der Waals surface area contributed by atoms with E-state index in [1.165, 1.54) is 25.6 Å². The Labute approximate surface area is 90.1 Å². The molecule has 0 aromatic carbocycles. The molecule has 0 unspecified atom stereocenters. The van der Waals surface area contributed by atoms with E-state index in [0.717, 1.165) is 12.4 Å². The van der Waals surface area contributed by atoms with Crippen LogP contribution in [0.4, 0.5) is 5.82 Å². The molecule has 4 heteroatoms. The minimum absolute atomic E-state index is 0.498. The molecule has 0 N–H and O–H groups in total. The van der Waals surface area contributed by atoms with E-state index >= 15 is 0 Å². The lowest BCUT2D eigenvalue weighted by molar-refractivity contribution is 0.701. The number of rotatable bonds is 5. The monoisotopic (exact) mass is 213 g/mol. The van der Waals surface area contributed by atoms with Gasteiger partial charge in [-0.3, -0.25) is 0 Å². The molecule has 0 saturated heterocycles. The van der Waals surface area contributed by atoms with Crippen molar-refractivity contribution >= 4 is 17.4 Å². The normalized spacial score (nSPS) is 10.2. The van der Waals surface area contributed by atoms with E-state index in [2.05, 4.69) is 21.8 Å². The molecule has 78 valence electrons. The van der Waals surface area contributed by atoms with E-state index in [0.29, 0.717) is 5.15 Å². The zero-order valence-electron chi connectivity index (χ0n) is 8.70. The Hall–Kier alpha value is -0.830. The minimum atomic E-state index is 0.498. The van der Waals surface area contributed by atoms with Crippen molar-refractivity contribution in [3.05, 3.63) is 17.5 Å². The summed E-state index contributed by atoms with van der Waals surface area (Å²) in [4.78, 5) is 10.1. The summed E-state index contributed by atoms with van der Waals surface area (Å²) in [7, 11) is 2.02. The van der Waals surface area contributed by atoms with Gasteiger partial charge < -0.3 is 4.90 Å². The van der Waals surface area contributed by atoms with Gasteiger partial charge in [0, 0.05) is 19.7 Å². The van der Waals surface area contributed by atoms with Crippen LogP contribution in [-0.4, -0.2) is 23.6 Å². The molecule has 0 fully saturated rings. The number of halogens is 1. The van der Waals surface area contributed by atoms with Gasteiger partial charge in [0.05, 0.1) is 0 Å². The largest absolute Gasteiger partial charge is 0.360 e. The van der Waals surface area contributed by atoms with Gasteiger partial charge in [0.25, 0.3) is 0 Å². The number of nitrogens with zero attached hydrogens (tertiary/aromatic N) is 3. The van der Waals surface area contributed by atoms with Crippen molar-refractivity contribution in [3.8, 4) is 0 Å². The smallest absolute Gasteiger partial charge is 0.134 e. The number of hydrogen-bond donors (Lipinski definition) is 0. The highest BCUT2D eigenvalue weighted by Gasteiger charge is 2.02. The fraction of sp³-hybridized carbons (Fsp3) is 0.600.